The number of nitrogens with one attached hydrogen (secondary N) is 2. The summed E-state index contributed by atoms with van der Waals surface area (Å²) in [4.78, 5) is 12.5. The van der Waals surface area contributed by atoms with Crippen LogP contribution in [0.25, 0.3) is 0 Å². The quantitative estimate of drug-likeness (QED) is 0.587. The average molecular weight is 457 g/mol. The number of benzene rings is 2. The number of ether oxygens (including phenoxy) is 1. The van der Waals surface area contributed by atoms with Crippen LogP contribution in [0.3, 0.4) is 0 Å². The summed E-state index contributed by atoms with van der Waals surface area (Å²) in [6.45, 7) is 1.99. The van der Waals surface area contributed by atoms with Gasteiger partial charge in [-0.25, -0.2) is 13.1 Å². The Kier molecular flexibility index (Phi) is 6.86. The minimum absolute atomic E-state index is 0.0624. The number of hydrogen-bond acceptors (Lipinski definition) is 4. The van der Waals surface area contributed by atoms with Crippen molar-refractivity contribution < 1.29 is 17.9 Å². The fourth-order valence-corrected chi connectivity index (χ4v) is 6.59. The van der Waals surface area contributed by atoms with Crippen LogP contribution in [0.2, 0.25) is 0 Å². The summed E-state index contributed by atoms with van der Waals surface area (Å²) in [5.74, 6) is 2.55. The number of aryl methyl sites for hydroxylation is 1. The van der Waals surface area contributed by atoms with Crippen LogP contribution in [-0.4, -0.2) is 27.5 Å². The molecule has 0 aromatic heterocycles. The molecule has 2 fully saturated rings. The molecule has 0 spiro atoms. The van der Waals surface area contributed by atoms with Crippen LogP contribution < -0.4 is 14.8 Å². The van der Waals surface area contributed by atoms with Crippen molar-refractivity contribution in [2.24, 2.45) is 17.8 Å². The third kappa shape index (κ3) is 5.33. The normalized spacial score (nSPS) is 23.1. The molecule has 2 aromatic carbocycles. The van der Waals surface area contributed by atoms with E-state index in [1.807, 2.05) is 31.2 Å². The molecule has 0 saturated heterocycles. The number of carbonyl (C=O) groups is 1. The number of carbonyl (C=O) groups excluding carboxylic acids is 1. The Labute approximate surface area is 190 Å². The molecule has 4 rings (SSSR count). The number of anilines is 1. The minimum atomic E-state index is -3.58. The largest absolute Gasteiger partial charge is 0.497 e. The smallest absolute Gasteiger partial charge is 0.240 e. The molecule has 4 unspecified atom stereocenters. The zero-order chi connectivity index (χ0) is 22.7. The van der Waals surface area contributed by atoms with Gasteiger partial charge >= 0.3 is 0 Å². The fourth-order valence-electron chi connectivity index (χ4n) is 5.30. The first-order valence-electron chi connectivity index (χ1n) is 11.4. The van der Waals surface area contributed by atoms with E-state index in [9.17, 15) is 13.2 Å². The standard InChI is InChI=1S/C25H32N2O4S/c1-17(24-16-19-3-7-20(24)15-19)27-32(29,30)23-12-8-21(9-13-23)26-25(28)14-6-18-4-10-22(31-2)11-5-18/h4-5,8-13,17,19-20,24,27H,3,6-7,14-16H2,1-2H3,(H,26,28). The highest BCUT2D eigenvalue weighted by Crippen LogP contribution is 2.49. The topological polar surface area (TPSA) is 84.5 Å². The van der Waals surface area contributed by atoms with Crippen LogP contribution in [0.1, 0.15) is 44.6 Å². The lowest BCUT2D eigenvalue weighted by atomic mass is 9.84. The van der Waals surface area contributed by atoms with Gasteiger partial charge in [0, 0.05) is 18.2 Å². The molecule has 2 aliphatic rings. The highest BCUT2D eigenvalue weighted by molar-refractivity contribution is 7.89. The van der Waals surface area contributed by atoms with E-state index < -0.39 is 10.0 Å². The monoisotopic (exact) mass is 456 g/mol. The van der Waals surface area contributed by atoms with E-state index in [0.29, 0.717) is 30.4 Å². The van der Waals surface area contributed by atoms with Crippen LogP contribution in [-0.2, 0) is 21.2 Å². The van der Waals surface area contributed by atoms with Gasteiger partial charge in [-0.3, -0.25) is 4.79 Å². The molecule has 0 aliphatic heterocycles. The van der Waals surface area contributed by atoms with Crippen molar-refractivity contribution in [1.82, 2.24) is 4.72 Å². The van der Waals surface area contributed by atoms with Gasteiger partial charge in [0.1, 0.15) is 5.75 Å². The molecule has 2 bridgehead atoms. The Morgan fingerprint density at radius 2 is 1.78 bits per heavy atom. The molecule has 0 radical (unpaired) electrons. The van der Waals surface area contributed by atoms with Gasteiger partial charge in [0.05, 0.1) is 12.0 Å². The highest BCUT2D eigenvalue weighted by atomic mass is 32.2. The zero-order valence-electron chi connectivity index (χ0n) is 18.7. The van der Waals surface area contributed by atoms with Crippen LogP contribution in [0, 0.1) is 17.8 Å². The summed E-state index contributed by atoms with van der Waals surface area (Å²) in [6.07, 6.45) is 5.88. The molecule has 2 N–H and O–H groups in total. The van der Waals surface area contributed by atoms with Crippen LogP contribution >= 0.6 is 0 Å². The number of rotatable bonds is 9. The van der Waals surface area contributed by atoms with Crippen LogP contribution in [0.4, 0.5) is 5.69 Å². The lowest BCUT2D eigenvalue weighted by Gasteiger charge is -2.28. The van der Waals surface area contributed by atoms with E-state index >= 15 is 0 Å². The van der Waals surface area contributed by atoms with E-state index in [4.69, 9.17) is 4.74 Å². The lowest BCUT2D eigenvalue weighted by molar-refractivity contribution is -0.116. The van der Waals surface area contributed by atoms with Crippen LogP contribution in [0.5, 0.6) is 5.75 Å². The molecule has 1 amide bonds. The van der Waals surface area contributed by atoms with Crippen molar-refractivity contribution in [3.8, 4) is 5.75 Å². The molecular weight excluding hydrogens is 424 g/mol. The van der Waals surface area contributed by atoms with E-state index in [1.165, 1.54) is 19.3 Å². The van der Waals surface area contributed by atoms with Gasteiger partial charge in [0.2, 0.25) is 15.9 Å². The van der Waals surface area contributed by atoms with Gasteiger partial charge in [-0.2, -0.15) is 0 Å². The number of fused-ring (bicyclic) bond motifs is 2. The first-order valence-corrected chi connectivity index (χ1v) is 12.9. The van der Waals surface area contributed by atoms with Crippen molar-refractivity contribution in [1.29, 1.82) is 0 Å². The van der Waals surface area contributed by atoms with Crippen LogP contribution in [0.15, 0.2) is 53.4 Å². The van der Waals surface area contributed by atoms with Gasteiger partial charge in [0.25, 0.3) is 0 Å². The second-order valence-electron chi connectivity index (χ2n) is 9.17. The Hall–Kier alpha value is -2.38. The number of hydrogen-bond donors (Lipinski definition) is 2. The maximum atomic E-state index is 12.8. The van der Waals surface area contributed by atoms with Gasteiger partial charge in [-0.15, -0.1) is 0 Å². The molecular formula is C25H32N2O4S. The maximum Gasteiger partial charge on any atom is 0.240 e. The number of amides is 1. The molecule has 6 nitrogen and oxygen atoms in total. The summed E-state index contributed by atoms with van der Waals surface area (Å²) in [7, 11) is -1.96. The van der Waals surface area contributed by atoms with Gasteiger partial charge in [-0.1, -0.05) is 18.6 Å². The molecule has 0 heterocycles. The average Bonchev–Trinajstić information content (AvgIpc) is 3.42. The van der Waals surface area contributed by atoms with Crippen molar-refractivity contribution in [3.05, 3.63) is 54.1 Å². The molecule has 2 aromatic rings. The summed E-state index contributed by atoms with van der Waals surface area (Å²) in [5.41, 5.74) is 1.64. The molecule has 32 heavy (non-hydrogen) atoms. The summed E-state index contributed by atoms with van der Waals surface area (Å²) < 4.78 is 33.7. The van der Waals surface area contributed by atoms with Gasteiger partial charge < -0.3 is 10.1 Å². The van der Waals surface area contributed by atoms with Gasteiger partial charge in [0.15, 0.2) is 0 Å². The van der Waals surface area contributed by atoms with E-state index in [-0.39, 0.29) is 16.8 Å². The molecule has 4 atom stereocenters. The second kappa shape index (κ2) is 9.63. The molecule has 172 valence electrons. The number of sulfonamides is 1. The molecule has 7 heteroatoms. The second-order valence-corrected chi connectivity index (χ2v) is 10.9. The third-order valence-corrected chi connectivity index (χ3v) is 8.60. The van der Waals surface area contributed by atoms with Crippen molar-refractivity contribution in [2.75, 3.05) is 12.4 Å². The van der Waals surface area contributed by atoms with Gasteiger partial charge in [-0.05, 0) is 92.3 Å². The summed E-state index contributed by atoms with van der Waals surface area (Å²) >= 11 is 0. The first kappa shape index (κ1) is 22.8. The van der Waals surface area contributed by atoms with E-state index in [1.54, 1.807) is 31.4 Å². The third-order valence-electron chi connectivity index (χ3n) is 7.02. The zero-order valence-corrected chi connectivity index (χ0v) is 19.5. The minimum Gasteiger partial charge on any atom is -0.497 e. The number of methoxy groups -OCH3 is 1. The fraction of sp³-hybridized carbons (Fsp3) is 0.480. The SMILES string of the molecule is COc1ccc(CCC(=O)Nc2ccc(S(=O)(=O)NC(C)C3CC4CCC3C4)cc2)cc1. The van der Waals surface area contributed by atoms with Crippen molar-refractivity contribution in [3.63, 3.8) is 0 Å². The molecule has 2 aliphatic carbocycles. The molecule has 2 saturated carbocycles. The summed E-state index contributed by atoms with van der Waals surface area (Å²) in [6, 6.07) is 13.9. The predicted octanol–water partition coefficient (Wildman–Crippen LogP) is 4.37. The Morgan fingerprint density at radius 1 is 1.06 bits per heavy atom. The Balaban J connectivity index is 1.29. The van der Waals surface area contributed by atoms with E-state index in [2.05, 4.69) is 10.0 Å². The van der Waals surface area contributed by atoms with E-state index in [0.717, 1.165) is 23.7 Å². The predicted molar refractivity (Wildman–Crippen MR) is 125 cm³/mol. The Bertz CT molecular complexity index is 1030. The first-order chi connectivity index (χ1) is 15.3. The highest BCUT2D eigenvalue weighted by Gasteiger charge is 2.42. The van der Waals surface area contributed by atoms with Crippen molar-refractivity contribution >= 4 is 21.6 Å². The summed E-state index contributed by atoms with van der Waals surface area (Å²) in [5, 5.41) is 2.84. The van der Waals surface area contributed by atoms with Crippen molar-refractivity contribution in [2.45, 2.75) is 56.4 Å². The Morgan fingerprint density at radius 3 is 2.38 bits per heavy atom. The maximum absolute atomic E-state index is 12.8. The lowest BCUT2D eigenvalue weighted by Crippen LogP contribution is -2.40.